The zero-order valence-corrected chi connectivity index (χ0v) is 19.7. The van der Waals surface area contributed by atoms with Crippen molar-refractivity contribution in [2.75, 3.05) is 20.8 Å². The summed E-state index contributed by atoms with van der Waals surface area (Å²) in [5.41, 5.74) is 6.13. The van der Waals surface area contributed by atoms with Crippen LogP contribution >= 0.6 is 24.0 Å². The summed E-state index contributed by atoms with van der Waals surface area (Å²) in [6, 6.07) is 10.8. The molecule has 0 aliphatic rings. The van der Waals surface area contributed by atoms with Crippen LogP contribution in [0.15, 0.2) is 47.5 Å². The Morgan fingerprint density at radius 2 is 1.63 bits per heavy atom. The second-order valence-electron chi connectivity index (χ2n) is 7.21. The number of alkyl halides is 3. The van der Waals surface area contributed by atoms with E-state index in [2.05, 4.69) is 10.3 Å². The molecule has 0 fully saturated rings. The number of aliphatic imine (C=N–C) groups is 1. The minimum atomic E-state index is -4.38. The van der Waals surface area contributed by atoms with E-state index in [0.29, 0.717) is 30.2 Å². The summed E-state index contributed by atoms with van der Waals surface area (Å²) in [5.74, 6) is 1.42. The highest BCUT2D eigenvalue weighted by molar-refractivity contribution is 14.0. The van der Waals surface area contributed by atoms with Crippen molar-refractivity contribution in [3.63, 3.8) is 0 Å². The van der Waals surface area contributed by atoms with Crippen LogP contribution in [0, 0.1) is 0 Å². The highest BCUT2D eigenvalue weighted by Crippen LogP contribution is 2.32. The predicted molar refractivity (Wildman–Crippen MR) is 123 cm³/mol. The summed E-state index contributed by atoms with van der Waals surface area (Å²) in [4.78, 5) is 4.29. The molecule has 0 spiro atoms. The van der Waals surface area contributed by atoms with Crippen molar-refractivity contribution >= 4 is 29.9 Å². The maximum Gasteiger partial charge on any atom is 0.416 e. The van der Waals surface area contributed by atoms with Gasteiger partial charge in [-0.25, -0.2) is 4.99 Å². The van der Waals surface area contributed by atoms with E-state index in [-0.39, 0.29) is 29.9 Å². The first-order valence-corrected chi connectivity index (χ1v) is 8.99. The summed E-state index contributed by atoms with van der Waals surface area (Å²) in [7, 11) is 3.11. The van der Waals surface area contributed by atoms with Crippen molar-refractivity contribution in [2.24, 2.45) is 10.7 Å². The zero-order valence-electron chi connectivity index (χ0n) is 17.3. The Balaban J connectivity index is 0.00000450. The number of nitrogens with one attached hydrogen (secondary N) is 1. The normalized spacial score (nSPS) is 12.2. The molecule has 0 amide bonds. The molecular formula is C21H27F3IN3O2. The van der Waals surface area contributed by atoms with Gasteiger partial charge in [-0.15, -0.1) is 24.0 Å². The SMILES string of the molecule is COc1ccc(CN=C(N)NCC(C)(C)c2cccc(C(F)(F)F)c2)cc1OC.I. The van der Waals surface area contributed by atoms with Gasteiger partial charge in [0.2, 0.25) is 0 Å². The number of halogens is 4. The van der Waals surface area contributed by atoms with Crippen molar-refractivity contribution in [3.8, 4) is 11.5 Å². The van der Waals surface area contributed by atoms with E-state index in [1.807, 2.05) is 26.0 Å². The maximum atomic E-state index is 13.0. The highest BCUT2D eigenvalue weighted by Gasteiger charge is 2.32. The average Bonchev–Trinajstić information content (AvgIpc) is 2.70. The fourth-order valence-corrected chi connectivity index (χ4v) is 2.74. The first-order chi connectivity index (χ1) is 13.6. The van der Waals surface area contributed by atoms with Crippen LogP contribution in [0.1, 0.15) is 30.5 Å². The lowest BCUT2D eigenvalue weighted by Gasteiger charge is -2.26. The molecule has 5 nitrogen and oxygen atoms in total. The van der Waals surface area contributed by atoms with Crippen LogP contribution in [0.3, 0.4) is 0 Å². The predicted octanol–water partition coefficient (Wildman–Crippen LogP) is 4.72. The van der Waals surface area contributed by atoms with Crippen molar-refractivity contribution in [1.82, 2.24) is 5.32 Å². The molecular weight excluding hydrogens is 510 g/mol. The number of nitrogens with zero attached hydrogens (tertiary/aromatic N) is 1. The molecule has 0 aliphatic carbocycles. The second kappa shape index (κ2) is 10.7. The Hall–Kier alpha value is -2.17. The van der Waals surface area contributed by atoms with E-state index in [0.717, 1.165) is 11.6 Å². The molecule has 0 aliphatic heterocycles. The molecule has 0 radical (unpaired) electrons. The summed E-state index contributed by atoms with van der Waals surface area (Å²) in [6.07, 6.45) is -4.38. The van der Waals surface area contributed by atoms with Crippen LogP contribution in [0.2, 0.25) is 0 Å². The van der Waals surface area contributed by atoms with Gasteiger partial charge in [0, 0.05) is 12.0 Å². The van der Waals surface area contributed by atoms with Gasteiger partial charge in [-0.3, -0.25) is 0 Å². The number of ether oxygens (including phenoxy) is 2. The smallest absolute Gasteiger partial charge is 0.416 e. The minimum Gasteiger partial charge on any atom is -0.493 e. The lowest BCUT2D eigenvalue weighted by atomic mass is 9.84. The summed E-state index contributed by atoms with van der Waals surface area (Å²) in [5, 5.41) is 2.99. The van der Waals surface area contributed by atoms with Gasteiger partial charge >= 0.3 is 6.18 Å². The number of hydrogen-bond acceptors (Lipinski definition) is 3. The largest absolute Gasteiger partial charge is 0.493 e. The summed E-state index contributed by atoms with van der Waals surface area (Å²) < 4.78 is 49.3. The van der Waals surface area contributed by atoms with Crippen LogP contribution in [0.25, 0.3) is 0 Å². The topological polar surface area (TPSA) is 68.9 Å². The Bertz CT molecular complexity index is 871. The highest BCUT2D eigenvalue weighted by atomic mass is 127. The van der Waals surface area contributed by atoms with E-state index >= 15 is 0 Å². The van der Waals surface area contributed by atoms with Crippen molar-refractivity contribution in [3.05, 3.63) is 59.2 Å². The molecule has 0 bridgehead atoms. The quantitative estimate of drug-likeness (QED) is 0.305. The van der Waals surface area contributed by atoms with E-state index in [1.54, 1.807) is 26.4 Å². The molecule has 0 saturated heterocycles. The second-order valence-corrected chi connectivity index (χ2v) is 7.21. The standard InChI is InChI=1S/C21H26F3N3O2.HI/c1-20(2,15-6-5-7-16(11-15)21(22,23)24)13-27-19(25)26-12-14-8-9-17(28-3)18(10-14)29-4;/h5-11H,12-13H2,1-4H3,(H3,25,26,27);1H. The van der Waals surface area contributed by atoms with Crippen molar-refractivity contribution in [1.29, 1.82) is 0 Å². The van der Waals surface area contributed by atoms with E-state index in [1.165, 1.54) is 12.1 Å². The number of guanidine groups is 1. The van der Waals surface area contributed by atoms with Gasteiger partial charge in [-0.05, 0) is 29.3 Å². The van der Waals surface area contributed by atoms with Crippen LogP contribution in [-0.2, 0) is 18.1 Å². The van der Waals surface area contributed by atoms with Crippen LogP contribution in [0.4, 0.5) is 13.2 Å². The first-order valence-electron chi connectivity index (χ1n) is 8.99. The van der Waals surface area contributed by atoms with Gasteiger partial charge in [0.1, 0.15) is 0 Å². The lowest BCUT2D eigenvalue weighted by Crippen LogP contribution is -2.40. The van der Waals surface area contributed by atoms with Gasteiger partial charge < -0.3 is 20.5 Å². The van der Waals surface area contributed by atoms with E-state index < -0.39 is 17.2 Å². The third kappa shape index (κ3) is 6.96. The van der Waals surface area contributed by atoms with E-state index in [9.17, 15) is 13.2 Å². The Morgan fingerprint density at radius 3 is 2.23 bits per heavy atom. The van der Waals surface area contributed by atoms with Crippen LogP contribution in [0.5, 0.6) is 11.5 Å². The molecule has 0 unspecified atom stereocenters. The van der Waals surface area contributed by atoms with Crippen molar-refractivity contribution in [2.45, 2.75) is 32.0 Å². The number of hydrogen-bond donors (Lipinski definition) is 2. The number of nitrogens with two attached hydrogens (primary N) is 1. The average molecular weight is 537 g/mol. The Morgan fingerprint density at radius 1 is 1.00 bits per heavy atom. The number of rotatable bonds is 7. The van der Waals surface area contributed by atoms with Crippen LogP contribution < -0.4 is 20.5 Å². The first kappa shape index (κ1) is 25.9. The molecule has 0 aromatic heterocycles. The molecule has 30 heavy (non-hydrogen) atoms. The molecule has 0 saturated carbocycles. The summed E-state index contributed by atoms with van der Waals surface area (Å²) >= 11 is 0. The molecule has 2 aromatic carbocycles. The molecule has 3 N–H and O–H groups in total. The molecule has 2 rings (SSSR count). The number of methoxy groups -OCH3 is 2. The van der Waals surface area contributed by atoms with Gasteiger partial charge in [0.25, 0.3) is 0 Å². The molecule has 0 heterocycles. The molecule has 166 valence electrons. The van der Waals surface area contributed by atoms with Gasteiger partial charge in [-0.2, -0.15) is 13.2 Å². The van der Waals surface area contributed by atoms with Crippen molar-refractivity contribution < 1.29 is 22.6 Å². The van der Waals surface area contributed by atoms with Gasteiger partial charge in [0.15, 0.2) is 17.5 Å². The van der Waals surface area contributed by atoms with E-state index in [4.69, 9.17) is 15.2 Å². The fraction of sp³-hybridized carbons (Fsp3) is 0.381. The molecule has 0 atom stereocenters. The number of benzene rings is 2. The third-order valence-corrected chi connectivity index (χ3v) is 4.56. The lowest BCUT2D eigenvalue weighted by molar-refractivity contribution is -0.137. The third-order valence-electron chi connectivity index (χ3n) is 4.56. The Kier molecular flexibility index (Phi) is 9.26. The maximum absolute atomic E-state index is 13.0. The minimum absolute atomic E-state index is 0. The Labute approximate surface area is 191 Å². The van der Waals surface area contributed by atoms with Crippen LogP contribution in [-0.4, -0.2) is 26.7 Å². The fourth-order valence-electron chi connectivity index (χ4n) is 2.74. The molecule has 9 heteroatoms. The van der Waals surface area contributed by atoms with Gasteiger partial charge in [-0.1, -0.05) is 38.1 Å². The molecule has 2 aromatic rings. The summed E-state index contributed by atoms with van der Waals surface area (Å²) in [6.45, 7) is 4.34. The van der Waals surface area contributed by atoms with Gasteiger partial charge in [0.05, 0.1) is 26.3 Å². The monoisotopic (exact) mass is 537 g/mol. The zero-order chi connectivity index (χ0) is 21.7.